The van der Waals surface area contributed by atoms with Gasteiger partial charge in [-0.15, -0.1) is 0 Å². The third-order valence-electron chi connectivity index (χ3n) is 4.37. The van der Waals surface area contributed by atoms with E-state index in [-0.39, 0.29) is 0 Å². The Hall–Kier alpha value is -0.980. The Kier molecular flexibility index (Phi) is 2.96. The average molecular weight is 218 g/mol. The van der Waals surface area contributed by atoms with E-state index in [1.807, 2.05) is 0 Å². The molecule has 0 heterocycles. The van der Waals surface area contributed by atoms with Crippen LogP contribution in [0.15, 0.2) is 18.2 Å². The van der Waals surface area contributed by atoms with Crippen LogP contribution in [0.5, 0.6) is 5.75 Å². The van der Waals surface area contributed by atoms with Crippen LogP contribution in [0.25, 0.3) is 0 Å². The number of ether oxygens (including phenoxy) is 1. The molecule has 1 aromatic rings. The van der Waals surface area contributed by atoms with Gasteiger partial charge in [0.2, 0.25) is 0 Å². The van der Waals surface area contributed by atoms with Crippen LogP contribution in [-0.4, -0.2) is 7.11 Å². The molecule has 1 heteroatoms. The van der Waals surface area contributed by atoms with Crippen molar-refractivity contribution < 1.29 is 4.74 Å². The van der Waals surface area contributed by atoms with E-state index in [1.54, 1.807) is 7.11 Å². The molecule has 0 amide bonds. The second-order valence-electron chi connectivity index (χ2n) is 5.41. The fourth-order valence-electron chi connectivity index (χ4n) is 2.92. The van der Waals surface area contributed by atoms with Crippen molar-refractivity contribution in [3.63, 3.8) is 0 Å². The molecule has 0 saturated heterocycles. The minimum Gasteiger partial charge on any atom is -0.496 e. The molecule has 1 aliphatic carbocycles. The van der Waals surface area contributed by atoms with Gasteiger partial charge in [0.25, 0.3) is 0 Å². The van der Waals surface area contributed by atoms with E-state index in [2.05, 4.69) is 39.0 Å². The zero-order valence-corrected chi connectivity index (χ0v) is 10.8. The van der Waals surface area contributed by atoms with Gasteiger partial charge in [-0.2, -0.15) is 0 Å². The molecule has 1 nitrogen and oxygen atoms in total. The van der Waals surface area contributed by atoms with Crippen LogP contribution in [0.2, 0.25) is 0 Å². The number of rotatable bonds is 2. The Morgan fingerprint density at radius 3 is 2.69 bits per heavy atom. The van der Waals surface area contributed by atoms with Crippen LogP contribution < -0.4 is 4.74 Å². The number of methoxy groups -OCH3 is 1. The molecule has 0 spiro atoms. The maximum atomic E-state index is 5.49. The summed E-state index contributed by atoms with van der Waals surface area (Å²) in [6.07, 6.45) is 3.74. The van der Waals surface area contributed by atoms with Gasteiger partial charge in [0, 0.05) is 0 Å². The lowest BCUT2D eigenvalue weighted by atomic mass is 9.65. The summed E-state index contributed by atoms with van der Waals surface area (Å²) >= 11 is 0. The van der Waals surface area contributed by atoms with E-state index in [0.717, 1.165) is 5.75 Å². The predicted octanol–water partition coefficient (Wildman–Crippen LogP) is 3.95. The third-order valence-corrected chi connectivity index (χ3v) is 4.37. The van der Waals surface area contributed by atoms with Gasteiger partial charge in [-0.3, -0.25) is 0 Å². The molecule has 16 heavy (non-hydrogen) atoms. The summed E-state index contributed by atoms with van der Waals surface area (Å²) in [5.74, 6) is 1.75. The smallest absolute Gasteiger partial charge is 0.122 e. The standard InChI is InChI=1S/C15H22O/c1-11(2)15(3)10-6-7-12-13(15)8-5-9-14(12)16-4/h5,8-9,11H,6-7,10H2,1-4H3. The molecule has 1 atom stereocenters. The normalized spacial score (nSPS) is 24.3. The van der Waals surface area contributed by atoms with Gasteiger partial charge >= 0.3 is 0 Å². The molecule has 0 fully saturated rings. The van der Waals surface area contributed by atoms with Crippen LogP contribution >= 0.6 is 0 Å². The van der Waals surface area contributed by atoms with Crippen molar-refractivity contribution in [1.29, 1.82) is 0 Å². The highest BCUT2D eigenvalue weighted by Gasteiger charge is 2.35. The maximum absolute atomic E-state index is 5.49. The van der Waals surface area contributed by atoms with Crippen molar-refractivity contribution in [3.8, 4) is 5.75 Å². The molecule has 2 rings (SSSR count). The van der Waals surface area contributed by atoms with Gasteiger partial charge in [0.1, 0.15) is 5.75 Å². The van der Waals surface area contributed by atoms with Crippen LogP contribution in [0.4, 0.5) is 0 Å². The highest BCUT2D eigenvalue weighted by Crippen LogP contribution is 2.44. The Labute approximate surface area is 98.8 Å². The SMILES string of the molecule is COc1cccc2c1CCCC2(C)C(C)C. The van der Waals surface area contributed by atoms with Crippen LogP contribution in [0, 0.1) is 5.92 Å². The quantitative estimate of drug-likeness (QED) is 0.730. The Bertz CT molecular complexity index is 381. The molecule has 0 aromatic heterocycles. The van der Waals surface area contributed by atoms with Gasteiger partial charge in [-0.05, 0) is 47.8 Å². The second kappa shape index (κ2) is 4.12. The molecule has 0 aliphatic heterocycles. The summed E-state index contributed by atoms with van der Waals surface area (Å²) in [5.41, 5.74) is 3.27. The van der Waals surface area contributed by atoms with Crippen molar-refractivity contribution >= 4 is 0 Å². The van der Waals surface area contributed by atoms with Crippen molar-refractivity contribution in [1.82, 2.24) is 0 Å². The number of benzene rings is 1. The summed E-state index contributed by atoms with van der Waals surface area (Å²) in [5, 5.41) is 0. The maximum Gasteiger partial charge on any atom is 0.122 e. The molecule has 1 aromatic carbocycles. The van der Waals surface area contributed by atoms with Crippen molar-refractivity contribution in [3.05, 3.63) is 29.3 Å². The van der Waals surface area contributed by atoms with E-state index in [0.29, 0.717) is 11.3 Å². The molecular weight excluding hydrogens is 196 g/mol. The first-order valence-corrected chi connectivity index (χ1v) is 6.26. The minimum absolute atomic E-state index is 0.322. The lowest BCUT2D eigenvalue weighted by Gasteiger charge is -2.40. The second-order valence-corrected chi connectivity index (χ2v) is 5.41. The lowest BCUT2D eigenvalue weighted by Crippen LogP contribution is -2.33. The highest BCUT2D eigenvalue weighted by atomic mass is 16.5. The van der Waals surface area contributed by atoms with E-state index in [9.17, 15) is 0 Å². The van der Waals surface area contributed by atoms with Crippen molar-refractivity contribution in [2.24, 2.45) is 5.92 Å². The molecule has 0 N–H and O–H groups in total. The minimum atomic E-state index is 0.322. The predicted molar refractivity (Wildman–Crippen MR) is 68.1 cm³/mol. The first kappa shape index (κ1) is 11.5. The molecule has 0 bridgehead atoms. The van der Waals surface area contributed by atoms with Crippen LogP contribution in [-0.2, 0) is 11.8 Å². The number of hydrogen-bond donors (Lipinski definition) is 0. The molecular formula is C15H22O. The first-order chi connectivity index (χ1) is 7.59. The molecule has 0 radical (unpaired) electrons. The monoisotopic (exact) mass is 218 g/mol. The number of fused-ring (bicyclic) bond motifs is 1. The third kappa shape index (κ3) is 1.63. The van der Waals surface area contributed by atoms with Crippen molar-refractivity contribution in [2.75, 3.05) is 7.11 Å². The van der Waals surface area contributed by atoms with Crippen LogP contribution in [0.3, 0.4) is 0 Å². The van der Waals surface area contributed by atoms with Gasteiger partial charge in [-0.25, -0.2) is 0 Å². The Morgan fingerprint density at radius 1 is 1.31 bits per heavy atom. The largest absolute Gasteiger partial charge is 0.496 e. The molecule has 0 saturated carbocycles. The molecule has 1 unspecified atom stereocenters. The molecule has 1 aliphatic rings. The summed E-state index contributed by atoms with van der Waals surface area (Å²) < 4.78 is 5.49. The Balaban J connectivity index is 2.55. The zero-order valence-electron chi connectivity index (χ0n) is 10.8. The van der Waals surface area contributed by atoms with E-state index in [1.165, 1.54) is 30.4 Å². The van der Waals surface area contributed by atoms with Gasteiger partial charge < -0.3 is 4.74 Å². The van der Waals surface area contributed by atoms with E-state index in [4.69, 9.17) is 4.74 Å². The van der Waals surface area contributed by atoms with Gasteiger partial charge in [-0.1, -0.05) is 32.9 Å². The highest BCUT2D eigenvalue weighted by molar-refractivity contribution is 5.46. The number of hydrogen-bond acceptors (Lipinski definition) is 1. The first-order valence-electron chi connectivity index (χ1n) is 6.26. The summed E-state index contributed by atoms with van der Waals surface area (Å²) in [6, 6.07) is 6.51. The van der Waals surface area contributed by atoms with Crippen molar-refractivity contribution in [2.45, 2.75) is 45.4 Å². The summed E-state index contributed by atoms with van der Waals surface area (Å²) in [4.78, 5) is 0. The zero-order chi connectivity index (χ0) is 11.8. The van der Waals surface area contributed by atoms with Crippen LogP contribution in [0.1, 0.15) is 44.7 Å². The topological polar surface area (TPSA) is 9.23 Å². The fourth-order valence-corrected chi connectivity index (χ4v) is 2.92. The average Bonchev–Trinajstić information content (AvgIpc) is 2.28. The summed E-state index contributed by atoms with van der Waals surface area (Å²) in [6.45, 7) is 7.05. The fraction of sp³-hybridized carbons (Fsp3) is 0.600. The van der Waals surface area contributed by atoms with Gasteiger partial charge in [0.05, 0.1) is 7.11 Å². The summed E-state index contributed by atoms with van der Waals surface area (Å²) in [7, 11) is 1.77. The lowest BCUT2D eigenvalue weighted by molar-refractivity contribution is 0.285. The van der Waals surface area contributed by atoms with E-state index >= 15 is 0 Å². The van der Waals surface area contributed by atoms with Gasteiger partial charge in [0.15, 0.2) is 0 Å². The Morgan fingerprint density at radius 2 is 2.06 bits per heavy atom. The van der Waals surface area contributed by atoms with E-state index < -0.39 is 0 Å². The molecule has 88 valence electrons.